The third-order valence-electron chi connectivity index (χ3n) is 1.97. The normalized spacial score (nSPS) is 11.4. The largest absolute Gasteiger partial charge is 0.481 e. The lowest BCUT2D eigenvalue weighted by Crippen LogP contribution is -2.34. The zero-order chi connectivity index (χ0) is 11.6. The Bertz CT molecular complexity index is 439. The fourth-order valence-electron chi connectivity index (χ4n) is 1.04. The van der Waals surface area contributed by atoms with E-state index in [0.29, 0.717) is 5.02 Å². The number of carboxylic acids is 1. The van der Waals surface area contributed by atoms with E-state index in [4.69, 9.17) is 16.7 Å². The van der Waals surface area contributed by atoms with Crippen LogP contribution < -0.4 is 5.69 Å². The molecule has 0 aliphatic rings. The molecule has 6 heteroatoms. The monoisotopic (exact) mass is 230 g/mol. The molecule has 0 radical (unpaired) electrons. The zero-order valence-corrected chi connectivity index (χ0v) is 9.15. The standard InChI is InChI=1S/C9H11ClN2O3/c1-9(2,7(13)14)5-12-4-6(10)3-11-8(12)15/h3-4H,5H2,1-2H3,(H,13,14). The van der Waals surface area contributed by atoms with Crippen LogP contribution in [0.1, 0.15) is 13.8 Å². The first-order valence-electron chi connectivity index (χ1n) is 4.28. The fourth-order valence-corrected chi connectivity index (χ4v) is 1.20. The van der Waals surface area contributed by atoms with Gasteiger partial charge in [0.1, 0.15) is 0 Å². The van der Waals surface area contributed by atoms with Crippen molar-refractivity contribution in [1.29, 1.82) is 0 Å². The second-order valence-electron chi connectivity index (χ2n) is 3.87. The van der Waals surface area contributed by atoms with Gasteiger partial charge >= 0.3 is 11.7 Å². The molecule has 0 spiro atoms. The molecule has 82 valence electrons. The number of aromatic nitrogens is 2. The fraction of sp³-hybridized carbons (Fsp3) is 0.444. The maximum absolute atomic E-state index is 11.3. The van der Waals surface area contributed by atoms with Crippen molar-refractivity contribution < 1.29 is 9.90 Å². The second kappa shape index (κ2) is 4.02. The summed E-state index contributed by atoms with van der Waals surface area (Å²) in [4.78, 5) is 25.6. The SMILES string of the molecule is CC(C)(Cn1cc(Cl)cnc1=O)C(=O)O. The summed E-state index contributed by atoms with van der Waals surface area (Å²) in [6, 6.07) is 0. The minimum atomic E-state index is -1.03. The van der Waals surface area contributed by atoms with E-state index in [2.05, 4.69) is 4.98 Å². The summed E-state index contributed by atoms with van der Waals surface area (Å²) >= 11 is 5.66. The van der Waals surface area contributed by atoms with E-state index in [1.165, 1.54) is 30.8 Å². The van der Waals surface area contributed by atoms with Gasteiger partial charge < -0.3 is 5.11 Å². The lowest BCUT2D eigenvalue weighted by Gasteiger charge is -2.19. The molecule has 0 fully saturated rings. The molecule has 0 saturated carbocycles. The molecule has 0 atom stereocenters. The maximum Gasteiger partial charge on any atom is 0.347 e. The average molecular weight is 231 g/mol. The van der Waals surface area contributed by atoms with E-state index in [1.807, 2.05) is 0 Å². The predicted octanol–water partition coefficient (Wildman–Crippen LogP) is 1.01. The summed E-state index contributed by atoms with van der Waals surface area (Å²) in [7, 11) is 0. The number of carbonyl (C=O) groups is 1. The van der Waals surface area contributed by atoms with Crippen molar-refractivity contribution in [2.24, 2.45) is 5.41 Å². The Morgan fingerprint density at radius 1 is 1.67 bits per heavy atom. The van der Waals surface area contributed by atoms with Crippen molar-refractivity contribution in [1.82, 2.24) is 9.55 Å². The van der Waals surface area contributed by atoms with Gasteiger partial charge in [0.05, 0.1) is 16.6 Å². The first-order chi connectivity index (χ1) is 6.83. The van der Waals surface area contributed by atoms with Crippen LogP contribution in [-0.2, 0) is 11.3 Å². The number of carboxylic acid groups (broad SMARTS) is 1. The van der Waals surface area contributed by atoms with Gasteiger partial charge in [0.25, 0.3) is 0 Å². The molecule has 1 aromatic heterocycles. The number of halogens is 1. The van der Waals surface area contributed by atoms with Gasteiger partial charge in [-0.25, -0.2) is 9.78 Å². The number of aliphatic carboxylic acids is 1. The molecule has 0 amide bonds. The highest BCUT2D eigenvalue weighted by Gasteiger charge is 2.28. The number of rotatable bonds is 3. The third kappa shape index (κ3) is 2.79. The van der Waals surface area contributed by atoms with Crippen molar-refractivity contribution >= 4 is 17.6 Å². The molecule has 1 aromatic rings. The lowest BCUT2D eigenvalue weighted by molar-refractivity contribution is -0.147. The minimum absolute atomic E-state index is 0.0364. The maximum atomic E-state index is 11.3. The van der Waals surface area contributed by atoms with Gasteiger partial charge in [-0.05, 0) is 13.8 Å². The van der Waals surface area contributed by atoms with Crippen LogP contribution in [0.2, 0.25) is 5.02 Å². The van der Waals surface area contributed by atoms with Crippen LogP contribution in [0.25, 0.3) is 0 Å². The van der Waals surface area contributed by atoms with Crippen molar-refractivity contribution in [3.05, 3.63) is 27.9 Å². The first-order valence-corrected chi connectivity index (χ1v) is 4.66. The summed E-state index contributed by atoms with van der Waals surface area (Å²) in [5, 5.41) is 9.20. The smallest absolute Gasteiger partial charge is 0.347 e. The topological polar surface area (TPSA) is 72.2 Å². The average Bonchev–Trinajstić information content (AvgIpc) is 2.10. The Hall–Kier alpha value is -1.36. The highest BCUT2D eigenvalue weighted by atomic mass is 35.5. The Labute approximate surface area is 91.3 Å². The van der Waals surface area contributed by atoms with Gasteiger partial charge in [0.15, 0.2) is 0 Å². The van der Waals surface area contributed by atoms with E-state index in [0.717, 1.165) is 0 Å². The van der Waals surface area contributed by atoms with E-state index < -0.39 is 17.1 Å². The molecule has 0 bridgehead atoms. The van der Waals surface area contributed by atoms with Crippen molar-refractivity contribution in [3.8, 4) is 0 Å². The van der Waals surface area contributed by atoms with Crippen molar-refractivity contribution in [2.75, 3.05) is 0 Å². The number of nitrogens with zero attached hydrogens (tertiary/aromatic N) is 2. The molecule has 0 aliphatic carbocycles. The lowest BCUT2D eigenvalue weighted by atomic mass is 9.94. The highest BCUT2D eigenvalue weighted by molar-refractivity contribution is 6.30. The molecule has 0 unspecified atom stereocenters. The highest BCUT2D eigenvalue weighted by Crippen LogP contribution is 2.17. The van der Waals surface area contributed by atoms with Crippen LogP contribution >= 0.6 is 11.6 Å². The Balaban J connectivity index is 3.04. The molecule has 15 heavy (non-hydrogen) atoms. The number of hydrogen-bond acceptors (Lipinski definition) is 3. The van der Waals surface area contributed by atoms with Gasteiger partial charge in [0.2, 0.25) is 0 Å². The summed E-state index contributed by atoms with van der Waals surface area (Å²) in [6.45, 7) is 3.10. The zero-order valence-electron chi connectivity index (χ0n) is 8.40. The molecule has 1 N–H and O–H groups in total. The Morgan fingerprint density at radius 3 is 2.80 bits per heavy atom. The molecular weight excluding hydrogens is 220 g/mol. The van der Waals surface area contributed by atoms with Gasteiger partial charge in [-0.15, -0.1) is 0 Å². The molecule has 0 aliphatic heterocycles. The van der Waals surface area contributed by atoms with Crippen LogP contribution in [0.3, 0.4) is 0 Å². The summed E-state index contributed by atoms with van der Waals surface area (Å²) in [5.41, 5.74) is -1.54. The molecular formula is C9H11ClN2O3. The van der Waals surface area contributed by atoms with E-state index >= 15 is 0 Å². The first kappa shape index (κ1) is 11.7. The van der Waals surface area contributed by atoms with Gasteiger partial charge in [-0.3, -0.25) is 9.36 Å². The predicted molar refractivity (Wildman–Crippen MR) is 54.9 cm³/mol. The van der Waals surface area contributed by atoms with Crippen molar-refractivity contribution in [3.63, 3.8) is 0 Å². The Kier molecular flexibility index (Phi) is 3.14. The summed E-state index contributed by atoms with van der Waals surface area (Å²) in [5.74, 6) is -0.977. The Morgan fingerprint density at radius 2 is 2.27 bits per heavy atom. The van der Waals surface area contributed by atoms with E-state index in [1.54, 1.807) is 0 Å². The molecule has 5 nitrogen and oxygen atoms in total. The molecule has 0 saturated heterocycles. The van der Waals surface area contributed by atoms with Crippen molar-refractivity contribution in [2.45, 2.75) is 20.4 Å². The summed E-state index contributed by atoms with van der Waals surface area (Å²) in [6.07, 6.45) is 2.61. The summed E-state index contributed by atoms with van der Waals surface area (Å²) < 4.78 is 1.19. The van der Waals surface area contributed by atoms with Crippen LogP contribution in [0, 0.1) is 5.41 Å². The molecule has 1 heterocycles. The molecule has 0 aromatic carbocycles. The molecule has 1 rings (SSSR count). The van der Waals surface area contributed by atoms with Crippen LogP contribution in [0.4, 0.5) is 0 Å². The van der Waals surface area contributed by atoms with E-state index in [9.17, 15) is 9.59 Å². The van der Waals surface area contributed by atoms with Crippen LogP contribution in [0.15, 0.2) is 17.2 Å². The van der Waals surface area contributed by atoms with Crippen LogP contribution in [0.5, 0.6) is 0 Å². The second-order valence-corrected chi connectivity index (χ2v) is 4.31. The minimum Gasteiger partial charge on any atom is -0.481 e. The van der Waals surface area contributed by atoms with Gasteiger partial charge in [-0.2, -0.15) is 0 Å². The van der Waals surface area contributed by atoms with Gasteiger partial charge in [0, 0.05) is 12.7 Å². The van der Waals surface area contributed by atoms with Gasteiger partial charge in [-0.1, -0.05) is 11.6 Å². The van der Waals surface area contributed by atoms with E-state index in [-0.39, 0.29) is 6.54 Å². The quantitative estimate of drug-likeness (QED) is 0.841. The number of hydrogen-bond donors (Lipinski definition) is 1. The third-order valence-corrected chi connectivity index (χ3v) is 2.16. The van der Waals surface area contributed by atoms with Crippen LogP contribution in [-0.4, -0.2) is 20.6 Å².